The largest absolute Gasteiger partial charge is 0.489 e. The van der Waals surface area contributed by atoms with Gasteiger partial charge in [-0.25, -0.2) is 0 Å². The quantitative estimate of drug-likeness (QED) is 0.415. The fourth-order valence-corrected chi connectivity index (χ4v) is 2.91. The fraction of sp³-hybridized carbons (Fsp3) is 0.346. The second-order valence-corrected chi connectivity index (χ2v) is 7.62. The Bertz CT molecular complexity index is 880. The molecule has 0 aliphatic heterocycles. The van der Waals surface area contributed by atoms with Crippen molar-refractivity contribution in [2.75, 3.05) is 0 Å². The van der Waals surface area contributed by atoms with Crippen LogP contribution in [0.1, 0.15) is 58.1 Å². The molecule has 0 saturated carbocycles. The van der Waals surface area contributed by atoms with Gasteiger partial charge in [0.1, 0.15) is 12.4 Å². The lowest BCUT2D eigenvalue weighted by Crippen LogP contribution is -2.25. The number of amides is 1. The van der Waals surface area contributed by atoms with Crippen molar-refractivity contribution in [1.29, 1.82) is 0 Å². The van der Waals surface area contributed by atoms with Gasteiger partial charge < -0.3 is 15.8 Å². The van der Waals surface area contributed by atoms with Crippen LogP contribution in [0.4, 0.5) is 0 Å². The summed E-state index contributed by atoms with van der Waals surface area (Å²) in [7, 11) is 0. The van der Waals surface area contributed by atoms with Gasteiger partial charge in [-0.1, -0.05) is 54.5 Å². The Balaban J connectivity index is 1.91. The molecule has 1 amide bonds. The first kappa shape index (κ1) is 23.3. The van der Waals surface area contributed by atoms with Crippen LogP contribution in [-0.4, -0.2) is 5.91 Å². The van der Waals surface area contributed by atoms with Crippen molar-refractivity contribution in [2.24, 2.45) is 5.73 Å². The van der Waals surface area contributed by atoms with Gasteiger partial charge in [0, 0.05) is 12.2 Å². The molecule has 1 aliphatic carbocycles. The molecular weight excluding hydrogens is 372 g/mol. The van der Waals surface area contributed by atoms with Gasteiger partial charge in [-0.2, -0.15) is 0 Å². The van der Waals surface area contributed by atoms with E-state index >= 15 is 0 Å². The minimum atomic E-state index is -0.170. The molecule has 0 unspecified atom stereocenters. The van der Waals surface area contributed by atoms with E-state index in [9.17, 15) is 4.79 Å². The third-order valence-electron chi connectivity index (χ3n) is 5.22. The number of carbonyl (C=O) groups excluding carboxylic acids is 1. The van der Waals surface area contributed by atoms with Gasteiger partial charge in [-0.05, 0) is 69.4 Å². The number of nitrogens with one attached hydrogen (secondary N) is 1. The lowest BCUT2D eigenvalue weighted by atomic mass is 10.1. The zero-order valence-corrected chi connectivity index (χ0v) is 18.6. The summed E-state index contributed by atoms with van der Waals surface area (Å²) >= 11 is 0. The van der Waals surface area contributed by atoms with E-state index in [1.54, 1.807) is 13.0 Å². The molecule has 0 saturated heterocycles. The van der Waals surface area contributed by atoms with Crippen LogP contribution in [0, 0.1) is 0 Å². The van der Waals surface area contributed by atoms with Crippen molar-refractivity contribution in [3.05, 3.63) is 93.9 Å². The second kappa shape index (κ2) is 11.9. The number of ether oxygens (including phenoxy) is 1. The van der Waals surface area contributed by atoms with Gasteiger partial charge in [-0.15, -0.1) is 0 Å². The van der Waals surface area contributed by atoms with Crippen molar-refractivity contribution in [3.63, 3.8) is 0 Å². The molecule has 0 atom stereocenters. The van der Waals surface area contributed by atoms with Crippen LogP contribution in [0.2, 0.25) is 0 Å². The Morgan fingerprint density at radius 1 is 1.10 bits per heavy atom. The van der Waals surface area contributed by atoms with E-state index in [4.69, 9.17) is 10.5 Å². The average molecular weight is 407 g/mol. The maximum absolute atomic E-state index is 12.6. The van der Waals surface area contributed by atoms with E-state index in [0.29, 0.717) is 24.4 Å². The van der Waals surface area contributed by atoms with Crippen molar-refractivity contribution in [3.8, 4) is 0 Å². The summed E-state index contributed by atoms with van der Waals surface area (Å²) in [6.45, 7) is 8.99. The first-order valence-corrected chi connectivity index (χ1v) is 10.6. The molecule has 3 N–H and O–H groups in total. The molecule has 0 fully saturated rings. The Morgan fingerprint density at radius 2 is 1.80 bits per heavy atom. The zero-order chi connectivity index (χ0) is 21.9. The van der Waals surface area contributed by atoms with Crippen LogP contribution in [0.25, 0.3) is 0 Å². The molecule has 160 valence electrons. The predicted octanol–water partition coefficient (Wildman–Crippen LogP) is 5.59. The first-order chi connectivity index (χ1) is 14.4. The minimum Gasteiger partial charge on any atom is -0.489 e. The molecule has 4 nitrogen and oxygen atoms in total. The summed E-state index contributed by atoms with van der Waals surface area (Å²) in [4.78, 5) is 12.6. The molecule has 1 aliphatic rings. The molecule has 1 aromatic carbocycles. The number of hydrogen-bond acceptors (Lipinski definition) is 3. The number of hydrogen-bond donors (Lipinski definition) is 2. The van der Waals surface area contributed by atoms with Gasteiger partial charge in [-0.3, -0.25) is 4.79 Å². The normalized spacial score (nSPS) is 15.4. The van der Waals surface area contributed by atoms with Gasteiger partial charge in [0.2, 0.25) is 0 Å². The van der Waals surface area contributed by atoms with E-state index in [2.05, 4.69) is 31.3 Å². The molecule has 4 heteroatoms. The Labute approximate surface area is 180 Å². The van der Waals surface area contributed by atoms with Gasteiger partial charge in [0.05, 0.1) is 5.57 Å². The fourth-order valence-electron chi connectivity index (χ4n) is 2.91. The smallest absolute Gasteiger partial charge is 0.253 e. The predicted molar refractivity (Wildman–Crippen MR) is 124 cm³/mol. The summed E-state index contributed by atoms with van der Waals surface area (Å²) in [6, 6.07) is 8.08. The summed E-state index contributed by atoms with van der Waals surface area (Å²) in [5.74, 6) is 0.762. The SMILES string of the molecule is CCC(C)=C(C)/C=C\C(C(=O)NCc1ccc(COC2=CCCC=C2)cc1)=C(/C)N. The molecule has 2 rings (SSSR count). The molecule has 0 radical (unpaired) electrons. The van der Waals surface area contributed by atoms with Crippen molar-refractivity contribution in [2.45, 2.75) is 60.1 Å². The summed E-state index contributed by atoms with van der Waals surface area (Å²) in [5.41, 5.74) is 11.5. The number of nitrogens with two attached hydrogens (primary N) is 1. The number of rotatable bonds is 9. The third-order valence-corrected chi connectivity index (χ3v) is 5.22. The maximum Gasteiger partial charge on any atom is 0.253 e. The molecule has 1 aromatic rings. The molecular formula is C26H34N2O2. The van der Waals surface area contributed by atoms with Crippen LogP contribution in [-0.2, 0) is 22.7 Å². The van der Waals surface area contributed by atoms with Gasteiger partial charge >= 0.3 is 0 Å². The molecule has 30 heavy (non-hydrogen) atoms. The van der Waals surface area contributed by atoms with Crippen molar-refractivity contribution >= 4 is 5.91 Å². The van der Waals surface area contributed by atoms with E-state index in [1.807, 2.05) is 43.3 Å². The van der Waals surface area contributed by atoms with Crippen LogP contribution in [0.15, 0.2) is 82.8 Å². The van der Waals surface area contributed by atoms with E-state index in [1.165, 1.54) is 5.57 Å². The highest BCUT2D eigenvalue weighted by atomic mass is 16.5. The molecule has 0 heterocycles. The summed E-state index contributed by atoms with van der Waals surface area (Å²) in [6.07, 6.45) is 13.1. The second-order valence-electron chi connectivity index (χ2n) is 7.62. The molecule has 0 spiro atoms. The first-order valence-electron chi connectivity index (χ1n) is 10.6. The summed E-state index contributed by atoms with van der Waals surface area (Å²) in [5, 5.41) is 2.96. The van der Waals surface area contributed by atoms with Gasteiger partial charge in [0.15, 0.2) is 0 Å². The van der Waals surface area contributed by atoms with Gasteiger partial charge in [0.25, 0.3) is 5.91 Å². The molecule has 0 bridgehead atoms. The zero-order valence-electron chi connectivity index (χ0n) is 18.6. The highest BCUT2D eigenvalue weighted by Gasteiger charge is 2.09. The Morgan fingerprint density at radius 3 is 2.40 bits per heavy atom. The molecule has 0 aromatic heterocycles. The highest BCUT2D eigenvalue weighted by Crippen LogP contribution is 2.14. The monoisotopic (exact) mass is 406 g/mol. The average Bonchev–Trinajstić information content (AvgIpc) is 2.76. The number of carbonyl (C=O) groups is 1. The lowest BCUT2D eigenvalue weighted by Gasteiger charge is -2.11. The third kappa shape index (κ3) is 7.43. The number of allylic oxidation sites excluding steroid dienone is 7. The topological polar surface area (TPSA) is 64.3 Å². The van der Waals surface area contributed by atoms with Crippen molar-refractivity contribution in [1.82, 2.24) is 5.32 Å². The number of benzene rings is 1. The summed E-state index contributed by atoms with van der Waals surface area (Å²) < 4.78 is 5.81. The van der Waals surface area contributed by atoms with Crippen LogP contribution < -0.4 is 11.1 Å². The minimum absolute atomic E-state index is 0.170. The maximum atomic E-state index is 12.6. The Hall–Kier alpha value is -3.01. The van der Waals surface area contributed by atoms with Crippen LogP contribution in [0.3, 0.4) is 0 Å². The Kier molecular flexibility index (Phi) is 9.20. The van der Waals surface area contributed by atoms with Crippen LogP contribution in [0.5, 0.6) is 0 Å². The van der Waals surface area contributed by atoms with E-state index in [-0.39, 0.29) is 5.91 Å². The standard InChI is InChI=1S/C26H34N2O2/c1-5-19(2)20(3)11-16-25(21(4)27)26(29)28-17-22-12-14-23(15-13-22)18-30-24-9-7-6-8-10-24/h7,9-16H,5-6,8,17-18,27H2,1-4H3,(H,28,29)/b16-11-,20-19?,25-21-. The van der Waals surface area contributed by atoms with E-state index < -0.39 is 0 Å². The highest BCUT2D eigenvalue weighted by molar-refractivity contribution is 5.96. The van der Waals surface area contributed by atoms with Crippen LogP contribution >= 0.6 is 0 Å². The lowest BCUT2D eigenvalue weighted by molar-refractivity contribution is -0.117. The van der Waals surface area contributed by atoms with Crippen molar-refractivity contribution < 1.29 is 9.53 Å². The van der Waals surface area contributed by atoms with E-state index in [0.717, 1.165) is 41.7 Å².